The number of carbonyl (C=O) groups excluding carboxylic acids is 2. The maximum Gasteiger partial charge on any atom is 0.195 e. The molecule has 3 nitrogen and oxygen atoms in total. The second-order valence-corrected chi connectivity index (χ2v) is 5.43. The van der Waals surface area contributed by atoms with Gasteiger partial charge in [0.05, 0.1) is 15.2 Å². The summed E-state index contributed by atoms with van der Waals surface area (Å²) in [6.07, 6.45) is 3.05. The third-order valence-corrected chi connectivity index (χ3v) is 3.64. The van der Waals surface area contributed by atoms with E-state index >= 15 is 0 Å². The summed E-state index contributed by atoms with van der Waals surface area (Å²) in [5.41, 5.74) is 0.842. The Morgan fingerprint density at radius 3 is 2.32 bits per heavy atom. The van der Waals surface area contributed by atoms with Gasteiger partial charge in [-0.05, 0) is 29.3 Å². The maximum atomic E-state index is 11.8. The van der Waals surface area contributed by atoms with Crippen molar-refractivity contribution in [2.45, 2.75) is 0 Å². The fourth-order valence-corrected chi connectivity index (χ4v) is 2.39. The van der Waals surface area contributed by atoms with E-state index in [1.807, 2.05) is 0 Å². The number of allylic oxidation sites excluding steroid dienone is 1. The first kappa shape index (κ1) is 13.5. The zero-order chi connectivity index (χ0) is 13.8. The molecule has 1 aromatic heterocycles. The number of carboxylic acids is 1. The van der Waals surface area contributed by atoms with Gasteiger partial charge in [0, 0.05) is 0 Å². The van der Waals surface area contributed by atoms with Gasteiger partial charge < -0.3 is 9.90 Å². The summed E-state index contributed by atoms with van der Waals surface area (Å²) in [5, 5.41) is 10.6. The average molecular weight is 292 g/mol. The zero-order valence-corrected chi connectivity index (χ0v) is 11.2. The van der Waals surface area contributed by atoms with Crippen LogP contribution in [0.15, 0.2) is 42.5 Å². The van der Waals surface area contributed by atoms with Gasteiger partial charge in [-0.15, -0.1) is 11.3 Å². The molecule has 0 bridgehead atoms. The van der Waals surface area contributed by atoms with E-state index in [0.717, 1.165) is 5.56 Å². The van der Waals surface area contributed by atoms with Crippen molar-refractivity contribution in [3.05, 3.63) is 62.8 Å². The number of hydrogen-bond donors (Lipinski definition) is 0. The van der Waals surface area contributed by atoms with Gasteiger partial charge in [-0.2, -0.15) is 0 Å². The zero-order valence-electron chi connectivity index (χ0n) is 9.63. The molecule has 0 aliphatic carbocycles. The molecule has 0 fully saturated rings. The molecule has 0 amide bonds. The predicted octanol–water partition coefficient (Wildman–Crippen LogP) is 2.66. The SMILES string of the molecule is O=C([O-])c1ccc(/C=C/C(=O)c2ccc(Cl)s2)cc1. The van der Waals surface area contributed by atoms with Gasteiger partial charge in [0.1, 0.15) is 0 Å². The number of carbonyl (C=O) groups is 2. The lowest BCUT2D eigenvalue weighted by Gasteiger charge is -2.01. The number of hydrogen-bond acceptors (Lipinski definition) is 4. The van der Waals surface area contributed by atoms with Crippen LogP contribution in [0.2, 0.25) is 4.34 Å². The van der Waals surface area contributed by atoms with Crippen molar-refractivity contribution in [2.75, 3.05) is 0 Å². The summed E-state index contributed by atoms with van der Waals surface area (Å²) in [6, 6.07) is 9.41. The monoisotopic (exact) mass is 291 g/mol. The van der Waals surface area contributed by atoms with Crippen molar-refractivity contribution >= 4 is 40.8 Å². The molecule has 0 saturated heterocycles. The number of halogens is 1. The van der Waals surface area contributed by atoms with Gasteiger partial charge in [0.15, 0.2) is 5.78 Å². The lowest BCUT2D eigenvalue weighted by Crippen LogP contribution is -2.21. The molecule has 2 rings (SSSR count). The van der Waals surface area contributed by atoms with E-state index in [1.54, 1.807) is 30.3 Å². The summed E-state index contributed by atoms with van der Waals surface area (Å²) in [7, 11) is 0. The van der Waals surface area contributed by atoms with Gasteiger partial charge in [-0.25, -0.2) is 0 Å². The molecule has 2 aromatic rings. The third kappa shape index (κ3) is 3.53. The Bertz CT molecular complexity index is 641. The standard InChI is InChI=1S/C14H9ClO3S/c15-13-8-7-12(19-13)11(16)6-3-9-1-4-10(5-2-9)14(17)18/h1-8H,(H,17,18)/p-1/b6-3+. The summed E-state index contributed by atoms with van der Waals surface area (Å²) in [4.78, 5) is 22.9. The van der Waals surface area contributed by atoms with Crippen molar-refractivity contribution in [2.24, 2.45) is 0 Å². The van der Waals surface area contributed by atoms with Crippen LogP contribution < -0.4 is 5.11 Å². The normalized spacial score (nSPS) is 10.8. The third-order valence-electron chi connectivity index (χ3n) is 2.39. The minimum atomic E-state index is -1.22. The van der Waals surface area contributed by atoms with E-state index in [0.29, 0.717) is 9.21 Å². The topological polar surface area (TPSA) is 57.2 Å². The van der Waals surface area contributed by atoms with Gasteiger partial charge in [0.25, 0.3) is 0 Å². The van der Waals surface area contributed by atoms with Crippen LogP contribution in [0.4, 0.5) is 0 Å². The Morgan fingerprint density at radius 1 is 1.11 bits per heavy atom. The van der Waals surface area contributed by atoms with Crippen LogP contribution >= 0.6 is 22.9 Å². The minimum absolute atomic E-state index is 0.105. The molecule has 0 N–H and O–H groups in total. The molecule has 0 saturated carbocycles. The number of benzene rings is 1. The van der Waals surface area contributed by atoms with Crippen LogP contribution in [0.25, 0.3) is 6.08 Å². The van der Waals surface area contributed by atoms with Gasteiger partial charge in [-0.1, -0.05) is 41.9 Å². The molecule has 0 spiro atoms. The largest absolute Gasteiger partial charge is 0.545 e. The van der Waals surface area contributed by atoms with E-state index in [-0.39, 0.29) is 11.3 Å². The molecule has 0 aliphatic heterocycles. The smallest absolute Gasteiger partial charge is 0.195 e. The first-order valence-electron chi connectivity index (χ1n) is 5.35. The molecule has 0 unspecified atom stereocenters. The van der Waals surface area contributed by atoms with Crippen LogP contribution in [0.3, 0.4) is 0 Å². The van der Waals surface area contributed by atoms with Gasteiger partial charge in [0.2, 0.25) is 0 Å². The van der Waals surface area contributed by atoms with Crippen LogP contribution in [-0.4, -0.2) is 11.8 Å². The fourth-order valence-electron chi connectivity index (χ4n) is 1.43. The summed E-state index contributed by atoms with van der Waals surface area (Å²) in [6.45, 7) is 0. The minimum Gasteiger partial charge on any atom is -0.545 e. The molecule has 0 radical (unpaired) electrons. The highest BCUT2D eigenvalue weighted by molar-refractivity contribution is 7.18. The van der Waals surface area contributed by atoms with E-state index in [4.69, 9.17) is 11.6 Å². The molecular formula is C14H8ClO3S-. The van der Waals surface area contributed by atoms with E-state index in [2.05, 4.69) is 0 Å². The second kappa shape index (κ2) is 5.82. The van der Waals surface area contributed by atoms with Crippen molar-refractivity contribution < 1.29 is 14.7 Å². The van der Waals surface area contributed by atoms with Crippen molar-refractivity contribution in [1.29, 1.82) is 0 Å². The van der Waals surface area contributed by atoms with E-state index in [1.165, 1.54) is 29.5 Å². The summed E-state index contributed by atoms with van der Waals surface area (Å²) < 4.78 is 0.565. The van der Waals surface area contributed by atoms with Crippen LogP contribution in [0.5, 0.6) is 0 Å². The van der Waals surface area contributed by atoms with Crippen LogP contribution in [0.1, 0.15) is 25.6 Å². The highest BCUT2D eigenvalue weighted by Crippen LogP contribution is 2.22. The van der Waals surface area contributed by atoms with Crippen LogP contribution in [-0.2, 0) is 0 Å². The highest BCUT2D eigenvalue weighted by Gasteiger charge is 2.04. The lowest BCUT2D eigenvalue weighted by atomic mass is 10.1. The molecule has 96 valence electrons. The molecule has 19 heavy (non-hydrogen) atoms. The number of carboxylic acid groups (broad SMARTS) is 1. The first-order valence-corrected chi connectivity index (χ1v) is 6.55. The van der Waals surface area contributed by atoms with E-state index in [9.17, 15) is 14.7 Å². The van der Waals surface area contributed by atoms with E-state index < -0.39 is 5.97 Å². The maximum absolute atomic E-state index is 11.8. The molecular weight excluding hydrogens is 284 g/mol. The molecule has 5 heteroatoms. The summed E-state index contributed by atoms with van der Waals surface area (Å²) in [5.74, 6) is -1.36. The predicted molar refractivity (Wildman–Crippen MR) is 73.5 cm³/mol. The quantitative estimate of drug-likeness (QED) is 0.643. The van der Waals surface area contributed by atoms with Crippen molar-refractivity contribution in [3.63, 3.8) is 0 Å². The second-order valence-electron chi connectivity index (χ2n) is 3.71. The first-order chi connectivity index (χ1) is 9.06. The van der Waals surface area contributed by atoms with Crippen LogP contribution in [0, 0.1) is 0 Å². The molecule has 1 aromatic carbocycles. The van der Waals surface area contributed by atoms with Gasteiger partial charge >= 0.3 is 0 Å². The Balaban J connectivity index is 2.10. The van der Waals surface area contributed by atoms with Gasteiger partial charge in [-0.3, -0.25) is 4.79 Å². The molecule has 1 heterocycles. The molecule has 0 aliphatic rings. The molecule has 0 atom stereocenters. The number of thiophene rings is 1. The number of aromatic carboxylic acids is 1. The number of ketones is 1. The Hall–Kier alpha value is -1.91. The number of rotatable bonds is 4. The summed E-state index contributed by atoms with van der Waals surface area (Å²) >= 11 is 6.97. The van der Waals surface area contributed by atoms with Crippen molar-refractivity contribution in [3.8, 4) is 0 Å². The highest BCUT2D eigenvalue weighted by atomic mass is 35.5. The lowest BCUT2D eigenvalue weighted by molar-refractivity contribution is -0.255. The van der Waals surface area contributed by atoms with Crippen molar-refractivity contribution in [1.82, 2.24) is 0 Å². The average Bonchev–Trinajstić information content (AvgIpc) is 2.83. The Labute approximate surface area is 118 Å². The Morgan fingerprint density at radius 2 is 1.79 bits per heavy atom. The fraction of sp³-hybridized carbons (Fsp3) is 0. The Kier molecular flexibility index (Phi) is 4.14.